The number of anilines is 1. The maximum atomic E-state index is 13.1. The zero-order valence-electron chi connectivity index (χ0n) is 13.1. The van der Waals surface area contributed by atoms with Gasteiger partial charge in [0.25, 0.3) is 0 Å². The third-order valence-electron chi connectivity index (χ3n) is 3.50. The Morgan fingerprint density at radius 1 is 1.00 bits per heavy atom. The van der Waals surface area contributed by atoms with Gasteiger partial charge in [0.2, 0.25) is 11.8 Å². The Morgan fingerprint density at radius 3 is 2.60 bits per heavy atom. The first-order chi connectivity index (χ1) is 12.0. The first-order valence-electron chi connectivity index (χ1n) is 7.52. The van der Waals surface area contributed by atoms with Gasteiger partial charge in [-0.15, -0.1) is 0 Å². The number of nitrogens with one attached hydrogen (secondary N) is 4. The zero-order chi connectivity index (χ0) is 17.8. The number of carbonyl (C=O) groups is 2. The summed E-state index contributed by atoms with van der Waals surface area (Å²) in [6.45, 7) is -0.212. The monoisotopic (exact) mass is 342 g/mol. The molecule has 0 aliphatic carbocycles. The number of carbonyl (C=O) groups excluding carboxylic acids is 2. The predicted molar refractivity (Wildman–Crippen MR) is 90.7 cm³/mol. The number of imidazole rings is 1. The standard InChI is InChI=1S/C17H15FN4O3/c18-11-3-1-2-10(6-11)7-15(23)19-9-16(24)20-12-4-5-13-14(8-12)22-17(25)21-13/h1-6,8H,7,9H2,(H,19,23)(H,20,24)(H2,21,22,25). The van der Waals surface area contributed by atoms with Crippen LogP contribution in [0.25, 0.3) is 11.0 Å². The summed E-state index contributed by atoms with van der Waals surface area (Å²) in [5.74, 6) is -1.21. The highest BCUT2D eigenvalue weighted by Crippen LogP contribution is 2.14. The largest absolute Gasteiger partial charge is 0.347 e. The van der Waals surface area contributed by atoms with E-state index in [9.17, 15) is 18.8 Å². The second-order valence-electron chi connectivity index (χ2n) is 5.47. The molecule has 0 spiro atoms. The highest BCUT2D eigenvalue weighted by molar-refractivity contribution is 5.96. The molecule has 7 nitrogen and oxygen atoms in total. The van der Waals surface area contributed by atoms with E-state index in [0.29, 0.717) is 22.3 Å². The van der Waals surface area contributed by atoms with Gasteiger partial charge in [0.05, 0.1) is 24.0 Å². The van der Waals surface area contributed by atoms with Crippen molar-refractivity contribution < 1.29 is 14.0 Å². The zero-order valence-corrected chi connectivity index (χ0v) is 13.1. The van der Waals surface area contributed by atoms with Crippen LogP contribution in [-0.4, -0.2) is 28.3 Å². The normalized spacial score (nSPS) is 10.6. The van der Waals surface area contributed by atoms with Crippen molar-refractivity contribution in [3.05, 3.63) is 64.3 Å². The number of halogens is 1. The molecule has 0 unspecified atom stereocenters. The van der Waals surface area contributed by atoms with Gasteiger partial charge < -0.3 is 20.6 Å². The summed E-state index contributed by atoms with van der Waals surface area (Å²) in [5.41, 5.74) is 1.89. The summed E-state index contributed by atoms with van der Waals surface area (Å²) < 4.78 is 13.1. The number of aromatic amines is 2. The fourth-order valence-electron chi connectivity index (χ4n) is 2.39. The van der Waals surface area contributed by atoms with Crippen LogP contribution < -0.4 is 16.3 Å². The van der Waals surface area contributed by atoms with Gasteiger partial charge in [-0.1, -0.05) is 12.1 Å². The van der Waals surface area contributed by atoms with E-state index in [0.717, 1.165) is 0 Å². The van der Waals surface area contributed by atoms with Crippen molar-refractivity contribution in [2.45, 2.75) is 6.42 Å². The number of aromatic nitrogens is 2. The molecule has 3 rings (SSSR count). The molecule has 0 saturated carbocycles. The fourth-order valence-corrected chi connectivity index (χ4v) is 2.39. The quantitative estimate of drug-likeness (QED) is 0.561. The third-order valence-corrected chi connectivity index (χ3v) is 3.50. The van der Waals surface area contributed by atoms with Gasteiger partial charge in [-0.2, -0.15) is 0 Å². The molecule has 3 aromatic rings. The topological polar surface area (TPSA) is 107 Å². The van der Waals surface area contributed by atoms with Crippen LogP contribution >= 0.6 is 0 Å². The van der Waals surface area contributed by atoms with E-state index in [-0.39, 0.29) is 24.6 Å². The molecule has 0 aliphatic heterocycles. The average Bonchev–Trinajstić information content (AvgIpc) is 2.92. The van der Waals surface area contributed by atoms with Crippen LogP contribution in [0.15, 0.2) is 47.3 Å². The number of hydrogen-bond acceptors (Lipinski definition) is 3. The molecule has 1 aromatic heterocycles. The van der Waals surface area contributed by atoms with Gasteiger partial charge in [-0.25, -0.2) is 9.18 Å². The van der Waals surface area contributed by atoms with E-state index < -0.39 is 11.7 Å². The van der Waals surface area contributed by atoms with Crippen molar-refractivity contribution in [3.63, 3.8) is 0 Å². The Hall–Kier alpha value is -3.42. The Morgan fingerprint density at radius 2 is 1.80 bits per heavy atom. The summed E-state index contributed by atoms with van der Waals surface area (Å²) >= 11 is 0. The first kappa shape index (κ1) is 16.4. The summed E-state index contributed by atoms with van der Waals surface area (Å²) in [6.07, 6.45) is -0.0123. The SMILES string of the molecule is O=C(Cc1cccc(F)c1)NCC(=O)Nc1ccc2[nH]c(=O)[nH]c2c1. The number of benzene rings is 2. The fraction of sp³-hybridized carbons (Fsp3) is 0.118. The van der Waals surface area contributed by atoms with Crippen LogP contribution in [0, 0.1) is 5.82 Å². The molecule has 1 heterocycles. The number of fused-ring (bicyclic) bond motifs is 1. The molecule has 2 aromatic carbocycles. The summed E-state index contributed by atoms with van der Waals surface area (Å²) in [4.78, 5) is 40.1. The third kappa shape index (κ3) is 4.31. The maximum Gasteiger partial charge on any atom is 0.323 e. The van der Waals surface area contributed by atoms with E-state index in [4.69, 9.17) is 0 Å². The van der Waals surface area contributed by atoms with E-state index >= 15 is 0 Å². The van der Waals surface area contributed by atoms with Crippen LogP contribution in [0.5, 0.6) is 0 Å². The molecular formula is C17H15FN4O3. The van der Waals surface area contributed by atoms with Gasteiger partial charge in [-0.05, 0) is 35.9 Å². The molecule has 0 fully saturated rings. The van der Waals surface area contributed by atoms with E-state index in [1.165, 1.54) is 18.2 Å². The number of amides is 2. The Bertz CT molecular complexity index is 993. The molecule has 4 N–H and O–H groups in total. The van der Waals surface area contributed by atoms with Gasteiger partial charge in [0, 0.05) is 5.69 Å². The van der Waals surface area contributed by atoms with Gasteiger partial charge >= 0.3 is 5.69 Å². The Kier molecular flexibility index (Phi) is 4.60. The van der Waals surface area contributed by atoms with Crippen molar-refractivity contribution >= 4 is 28.5 Å². The molecule has 8 heteroatoms. The predicted octanol–water partition coefficient (Wildman–Crippen LogP) is 1.29. The lowest BCUT2D eigenvalue weighted by Crippen LogP contribution is -2.33. The first-order valence-corrected chi connectivity index (χ1v) is 7.52. The second-order valence-corrected chi connectivity index (χ2v) is 5.47. The Balaban J connectivity index is 1.53. The molecule has 0 radical (unpaired) electrons. The Labute approximate surface area is 141 Å². The summed E-state index contributed by atoms with van der Waals surface area (Å²) in [5, 5.41) is 5.10. The van der Waals surface area contributed by atoms with E-state index in [2.05, 4.69) is 20.6 Å². The number of rotatable bonds is 5. The van der Waals surface area contributed by atoms with E-state index in [1.807, 2.05) is 0 Å². The number of hydrogen-bond donors (Lipinski definition) is 4. The minimum atomic E-state index is -0.416. The highest BCUT2D eigenvalue weighted by Gasteiger charge is 2.08. The van der Waals surface area contributed by atoms with Crippen molar-refractivity contribution in [2.75, 3.05) is 11.9 Å². The molecule has 0 aliphatic rings. The van der Waals surface area contributed by atoms with Crippen LogP contribution in [0.2, 0.25) is 0 Å². The lowest BCUT2D eigenvalue weighted by Gasteiger charge is -2.07. The van der Waals surface area contributed by atoms with Gasteiger partial charge in [0.1, 0.15) is 5.82 Å². The second kappa shape index (κ2) is 7.00. The lowest BCUT2D eigenvalue weighted by molar-refractivity contribution is -0.123. The van der Waals surface area contributed by atoms with Crippen molar-refractivity contribution in [3.8, 4) is 0 Å². The number of H-pyrrole nitrogens is 2. The van der Waals surface area contributed by atoms with Crippen molar-refractivity contribution in [1.82, 2.24) is 15.3 Å². The summed E-state index contributed by atoms with van der Waals surface area (Å²) in [7, 11) is 0. The minimum absolute atomic E-state index is 0.0123. The molecular weight excluding hydrogens is 327 g/mol. The molecule has 0 atom stereocenters. The van der Waals surface area contributed by atoms with Gasteiger partial charge in [0.15, 0.2) is 0 Å². The lowest BCUT2D eigenvalue weighted by atomic mass is 10.1. The average molecular weight is 342 g/mol. The van der Waals surface area contributed by atoms with Crippen molar-refractivity contribution in [1.29, 1.82) is 0 Å². The van der Waals surface area contributed by atoms with Gasteiger partial charge in [-0.3, -0.25) is 9.59 Å². The molecule has 25 heavy (non-hydrogen) atoms. The molecule has 2 amide bonds. The van der Waals surface area contributed by atoms with E-state index in [1.54, 1.807) is 24.3 Å². The highest BCUT2D eigenvalue weighted by atomic mass is 19.1. The van der Waals surface area contributed by atoms with Crippen LogP contribution in [-0.2, 0) is 16.0 Å². The van der Waals surface area contributed by atoms with Crippen LogP contribution in [0.3, 0.4) is 0 Å². The molecule has 128 valence electrons. The summed E-state index contributed by atoms with van der Waals surface area (Å²) in [6, 6.07) is 10.6. The van der Waals surface area contributed by atoms with Crippen LogP contribution in [0.4, 0.5) is 10.1 Å². The molecule has 0 saturated heterocycles. The minimum Gasteiger partial charge on any atom is -0.347 e. The smallest absolute Gasteiger partial charge is 0.323 e. The molecule has 0 bridgehead atoms. The maximum absolute atomic E-state index is 13.1. The van der Waals surface area contributed by atoms with Crippen molar-refractivity contribution in [2.24, 2.45) is 0 Å². The van der Waals surface area contributed by atoms with Crippen LogP contribution in [0.1, 0.15) is 5.56 Å².